The molecule has 1 aromatic rings. The standard InChI is InChI=1S/C10H14BrFN4O/c1-17-5-4-14-10(16-13)15-9-3-2-7(11)6-8(9)12/h2-3,6H,4-5,13H2,1H3,(H2,14,15,16). The van der Waals surface area contributed by atoms with E-state index in [9.17, 15) is 4.39 Å². The maximum Gasteiger partial charge on any atom is 0.210 e. The predicted molar refractivity (Wildman–Crippen MR) is 69.2 cm³/mol. The number of hydrogen-bond acceptors (Lipinski definition) is 3. The second kappa shape index (κ2) is 7.21. The molecular formula is C10H14BrFN4O. The highest BCUT2D eigenvalue weighted by molar-refractivity contribution is 9.10. The third-order valence-electron chi connectivity index (χ3n) is 1.89. The van der Waals surface area contributed by atoms with Crippen molar-refractivity contribution in [1.82, 2.24) is 5.43 Å². The highest BCUT2D eigenvalue weighted by Crippen LogP contribution is 2.18. The summed E-state index contributed by atoms with van der Waals surface area (Å²) < 4.78 is 19.0. The Hall–Kier alpha value is -1.18. The van der Waals surface area contributed by atoms with Gasteiger partial charge in [0.05, 0.1) is 18.8 Å². The summed E-state index contributed by atoms with van der Waals surface area (Å²) in [6, 6.07) is 4.66. The molecule has 0 heterocycles. The summed E-state index contributed by atoms with van der Waals surface area (Å²) in [6.07, 6.45) is 0. The number of ether oxygens (including phenoxy) is 1. The van der Waals surface area contributed by atoms with Gasteiger partial charge in [-0.1, -0.05) is 15.9 Å². The fourth-order valence-electron chi connectivity index (χ4n) is 1.09. The van der Waals surface area contributed by atoms with Crippen molar-refractivity contribution in [3.63, 3.8) is 0 Å². The van der Waals surface area contributed by atoms with Crippen LogP contribution < -0.4 is 16.6 Å². The topological polar surface area (TPSA) is 71.7 Å². The van der Waals surface area contributed by atoms with Crippen molar-refractivity contribution in [2.45, 2.75) is 0 Å². The zero-order chi connectivity index (χ0) is 12.7. The van der Waals surface area contributed by atoms with Crippen LogP contribution in [0.4, 0.5) is 10.1 Å². The number of hydrazine groups is 1. The molecule has 0 spiro atoms. The van der Waals surface area contributed by atoms with Crippen LogP contribution in [-0.4, -0.2) is 26.2 Å². The molecule has 0 bridgehead atoms. The van der Waals surface area contributed by atoms with Gasteiger partial charge in [0.1, 0.15) is 5.82 Å². The van der Waals surface area contributed by atoms with Crippen LogP contribution in [0.15, 0.2) is 27.7 Å². The number of rotatable bonds is 4. The summed E-state index contributed by atoms with van der Waals surface area (Å²) in [7, 11) is 1.58. The Balaban J connectivity index is 2.70. The predicted octanol–water partition coefficient (Wildman–Crippen LogP) is 1.47. The molecule has 1 rings (SSSR count). The number of guanidine groups is 1. The van der Waals surface area contributed by atoms with Crippen molar-refractivity contribution in [3.05, 3.63) is 28.5 Å². The van der Waals surface area contributed by atoms with Crippen molar-refractivity contribution in [1.29, 1.82) is 0 Å². The molecular weight excluding hydrogens is 291 g/mol. The Morgan fingerprint density at radius 3 is 2.94 bits per heavy atom. The Labute approximate surface area is 107 Å². The van der Waals surface area contributed by atoms with Crippen molar-refractivity contribution >= 4 is 27.6 Å². The van der Waals surface area contributed by atoms with Gasteiger partial charge in [0.15, 0.2) is 0 Å². The van der Waals surface area contributed by atoms with Gasteiger partial charge >= 0.3 is 0 Å². The zero-order valence-electron chi connectivity index (χ0n) is 9.34. The summed E-state index contributed by atoms with van der Waals surface area (Å²) in [5, 5.41) is 2.75. The highest BCUT2D eigenvalue weighted by atomic mass is 79.9. The minimum Gasteiger partial charge on any atom is -0.383 e. The van der Waals surface area contributed by atoms with Gasteiger partial charge in [0.25, 0.3) is 0 Å². The van der Waals surface area contributed by atoms with E-state index in [0.717, 1.165) is 0 Å². The van der Waals surface area contributed by atoms with E-state index in [-0.39, 0.29) is 5.96 Å². The number of nitrogens with zero attached hydrogens (tertiary/aromatic N) is 1. The van der Waals surface area contributed by atoms with E-state index in [4.69, 9.17) is 10.6 Å². The summed E-state index contributed by atoms with van der Waals surface area (Å²) in [4.78, 5) is 4.06. The molecule has 0 aliphatic rings. The summed E-state index contributed by atoms with van der Waals surface area (Å²) >= 11 is 3.18. The lowest BCUT2D eigenvalue weighted by molar-refractivity contribution is 0.208. The number of halogens is 2. The van der Waals surface area contributed by atoms with Crippen molar-refractivity contribution in [2.24, 2.45) is 10.8 Å². The fraction of sp³-hybridized carbons (Fsp3) is 0.300. The van der Waals surface area contributed by atoms with E-state index < -0.39 is 5.82 Å². The van der Waals surface area contributed by atoms with E-state index >= 15 is 0 Å². The first-order chi connectivity index (χ1) is 8.17. The van der Waals surface area contributed by atoms with Gasteiger partial charge in [-0.3, -0.25) is 5.43 Å². The Morgan fingerprint density at radius 1 is 1.59 bits per heavy atom. The van der Waals surface area contributed by atoms with Crippen LogP contribution in [0.3, 0.4) is 0 Å². The maximum absolute atomic E-state index is 13.5. The lowest BCUT2D eigenvalue weighted by Crippen LogP contribution is -2.36. The molecule has 17 heavy (non-hydrogen) atoms. The number of methoxy groups -OCH3 is 1. The van der Waals surface area contributed by atoms with Crippen LogP contribution in [0.25, 0.3) is 0 Å². The number of nitrogens with one attached hydrogen (secondary N) is 2. The Morgan fingerprint density at radius 2 is 2.35 bits per heavy atom. The SMILES string of the molecule is COCCN=C(NN)Nc1ccc(Br)cc1F. The summed E-state index contributed by atoms with van der Waals surface area (Å²) in [5.41, 5.74) is 2.65. The van der Waals surface area contributed by atoms with E-state index in [0.29, 0.717) is 23.3 Å². The lowest BCUT2D eigenvalue weighted by atomic mass is 10.3. The molecule has 0 aliphatic carbocycles. The van der Waals surface area contributed by atoms with E-state index in [1.165, 1.54) is 6.07 Å². The minimum absolute atomic E-state index is 0.281. The van der Waals surface area contributed by atoms with Crippen molar-refractivity contribution in [3.8, 4) is 0 Å². The largest absolute Gasteiger partial charge is 0.383 e. The summed E-state index contributed by atoms with van der Waals surface area (Å²) in [5.74, 6) is 5.15. The molecule has 0 atom stereocenters. The number of anilines is 1. The monoisotopic (exact) mass is 304 g/mol. The Kier molecular flexibility index (Phi) is 5.88. The van der Waals surface area contributed by atoms with Crippen LogP contribution in [-0.2, 0) is 4.74 Å². The van der Waals surface area contributed by atoms with Crippen LogP contribution in [0.2, 0.25) is 0 Å². The van der Waals surface area contributed by atoms with E-state index in [1.54, 1.807) is 19.2 Å². The van der Waals surface area contributed by atoms with Gasteiger partial charge in [0.2, 0.25) is 5.96 Å². The van der Waals surface area contributed by atoms with Gasteiger partial charge < -0.3 is 10.1 Å². The second-order valence-corrected chi connectivity index (χ2v) is 4.03. The maximum atomic E-state index is 13.5. The first kappa shape index (κ1) is 13.9. The molecule has 1 aromatic carbocycles. The van der Waals surface area contributed by atoms with Gasteiger partial charge in [-0.25, -0.2) is 15.2 Å². The van der Waals surface area contributed by atoms with Crippen LogP contribution in [0.1, 0.15) is 0 Å². The van der Waals surface area contributed by atoms with Crippen LogP contribution >= 0.6 is 15.9 Å². The van der Waals surface area contributed by atoms with Crippen LogP contribution in [0, 0.1) is 5.82 Å². The number of hydrogen-bond donors (Lipinski definition) is 3. The molecule has 94 valence electrons. The second-order valence-electron chi connectivity index (χ2n) is 3.12. The Bertz CT molecular complexity index is 400. The quantitative estimate of drug-likeness (QED) is 0.259. The van der Waals surface area contributed by atoms with Gasteiger partial charge in [0, 0.05) is 11.6 Å². The minimum atomic E-state index is -0.394. The van der Waals surface area contributed by atoms with E-state index in [2.05, 4.69) is 31.7 Å². The third kappa shape index (κ3) is 4.68. The van der Waals surface area contributed by atoms with E-state index in [1.807, 2.05) is 0 Å². The first-order valence-electron chi connectivity index (χ1n) is 4.89. The number of nitrogens with two attached hydrogens (primary N) is 1. The van der Waals surface area contributed by atoms with Gasteiger partial charge in [-0.15, -0.1) is 0 Å². The zero-order valence-corrected chi connectivity index (χ0v) is 10.9. The molecule has 0 fully saturated rings. The van der Waals surface area contributed by atoms with Gasteiger partial charge in [-0.05, 0) is 18.2 Å². The smallest absolute Gasteiger partial charge is 0.210 e. The lowest BCUT2D eigenvalue weighted by Gasteiger charge is -2.10. The van der Waals surface area contributed by atoms with Crippen molar-refractivity contribution in [2.75, 3.05) is 25.6 Å². The van der Waals surface area contributed by atoms with Gasteiger partial charge in [-0.2, -0.15) is 0 Å². The number of aliphatic imine (C=N–C) groups is 1. The molecule has 0 unspecified atom stereocenters. The molecule has 0 amide bonds. The summed E-state index contributed by atoms with van der Waals surface area (Å²) in [6.45, 7) is 0.900. The first-order valence-corrected chi connectivity index (χ1v) is 5.68. The third-order valence-corrected chi connectivity index (χ3v) is 2.38. The fourth-order valence-corrected chi connectivity index (χ4v) is 1.42. The van der Waals surface area contributed by atoms with Crippen LogP contribution in [0.5, 0.6) is 0 Å². The molecule has 7 heteroatoms. The average molecular weight is 305 g/mol. The highest BCUT2D eigenvalue weighted by Gasteiger charge is 2.04. The molecule has 0 radical (unpaired) electrons. The molecule has 0 saturated carbocycles. The molecule has 0 aliphatic heterocycles. The molecule has 0 saturated heterocycles. The normalized spacial score (nSPS) is 11.4. The average Bonchev–Trinajstić information content (AvgIpc) is 2.31. The molecule has 0 aromatic heterocycles. The molecule has 4 N–H and O–H groups in total. The number of benzene rings is 1. The molecule has 5 nitrogen and oxygen atoms in total. The van der Waals surface area contributed by atoms with Crippen molar-refractivity contribution < 1.29 is 9.13 Å².